The maximum Gasteiger partial charge on any atom is 0.333 e. The van der Waals surface area contributed by atoms with E-state index in [4.69, 9.17) is 9.15 Å². The molecule has 158 valence electrons. The Kier molecular flexibility index (Phi) is 6.12. The topological polar surface area (TPSA) is 88.8 Å². The molecule has 1 unspecified atom stereocenters. The number of nitrogens with one attached hydrogen (secondary N) is 1. The van der Waals surface area contributed by atoms with Gasteiger partial charge in [0.2, 0.25) is 0 Å². The van der Waals surface area contributed by atoms with E-state index in [9.17, 15) is 14.4 Å². The Morgan fingerprint density at radius 2 is 1.77 bits per heavy atom. The molecule has 0 saturated heterocycles. The molecule has 4 rings (SSSR count). The number of nitrogens with zero attached hydrogens (tertiary/aromatic N) is 1. The van der Waals surface area contributed by atoms with Gasteiger partial charge in [-0.3, -0.25) is 9.59 Å². The van der Waals surface area contributed by atoms with Crippen molar-refractivity contribution < 1.29 is 23.5 Å². The summed E-state index contributed by atoms with van der Waals surface area (Å²) >= 11 is 0. The molecular formula is C24H22N2O5. The van der Waals surface area contributed by atoms with Gasteiger partial charge >= 0.3 is 5.97 Å². The lowest BCUT2D eigenvalue weighted by Gasteiger charge is -2.29. The van der Waals surface area contributed by atoms with E-state index in [0.29, 0.717) is 12.1 Å². The number of hydrogen-bond donors (Lipinski definition) is 1. The minimum Gasteiger partial charge on any atom is -0.459 e. The lowest BCUT2D eigenvalue weighted by molar-refractivity contribution is -0.150. The van der Waals surface area contributed by atoms with Gasteiger partial charge < -0.3 is 19.4 Å². The van der Waals surface area contributed by atoms with Gasteiger partial charge in [-0.2, -0.15) is 0 Å². The second kappa shape index (κ2) is 9.30. The van der Waals surface area contributed by atoms with Gasteiger partial charge in [0.15, 0.2) is 18.4 Å². The summed E-state index contributed by atoms with van der Waals surface area (Å²) in [6.45, 7) is 0.165. The molecule has 2 aromatic carbocycles. The zero-order chi connectivity index (χ0) is 21.6. The summed E-state index contributed by atoms with van der Waals surface area (Å²) in [7, 11) is 0. The van der Waals surface area contributed by atoms with Crippen LogP contribution in [0.4, 0.5) is 5.69 Å². The Labute approximate surface area is 179 Å². The molecule has 0 spiro atoms. The Hall–Kier alpha value is -3.87. The summed E-state index contributed by atoms with van der Waals surface area (Å²) < 4.78 is 10.4. The average molecular weight is 418 g/mol. The quantitative estimate of drug-likeness (QED) is 0.621. The number of hydrogen-bond acceptors (Lipinski definition) is 5. The summed E-state index contributed by atoms with van der Waals surface area (Å²) in [6, 6.07) is 18.5. The first-order valence-corrected chi connectivity index (χ1v) is 10.1. The highest BCUT2D eigenvalue weighted by molar-refractivity contribution is 5.98. The van der Waals surface area contributed by atoms with E-state index in [1.807, 2.05) is 24.3 Å². The van der Waals surface area contributed by atoms with E-state index in [2.05, 4.69) is 5.32 Å². The molecule has 1 N–H and O–H groups in total. The van der Waals surface area contributed by atoms with Crippen LogP contribution < -0.4 is 10.2 Å². The number of benzene rings is 2. The van der Waals surface area contributed by atoms with Gasteiger partial charge in [-0.05, 0) is 42.2 Å². The second-order valence-corrected chi connectivity index (χ2v) is 7.18. The molecule has 1 aliphatic heterocycles. The molecule has 0 fully saturated rings. The summed E-state index contributed by atoms with van der Waals surface area (Å²) in [5, 5.41) is 2.62. The number of anilines is 1. The number of amides is 2. The summed E-state index contributed by atoms with van der Waals surface area (Å²) in [5.74, 6) is -1.49. The van der Waals surface area contributed by atoms with Crippen molar-refractivity contribution in [3.05, 3.63) is 89.9 Å². The van der Waals surface area contributed by atoms with E-state index >= 15 is 0 Å². The Bertz CT molecular complexity index is 1060. The first kappa shape index (κ1) is 20.4. The molecule has 0 aliphatic carbocycles. The number of fused-ring (bicyclic) bond motifs is 1. The summed E-state index contributed by atoms with van der Waals surface area (Å²) in [6.07, 6.45) is 3.14. The number of aryl methyl sites for hydroxylation is 1. The van der Waals surface area contributed by atoms with E-state index in [1.54, 1.807) is 41.3 Å². The lowest BCUT2D eigenvalue weighted by atomic mass is 10.0. The van der Waals surface area contributed by atoms with Crippen molar-refractivity contribution in [2.45, 2.75) is 18.9 Å². The van der Waals surface area contributed by atoms with Gasteiger partial charge in [0.1, 0.15) is 0 Å². The van der Waals surface area contributed by atoms with Crippen molar-refractivity contribution in [3.63, 3.8) is 0 Å². The molecule has 3 aromatic rings. The molecule has 2 heterocycles. The smallest absolute Gasteiger partial charge is 0.333 e. The first-order chi connectivity index (χ1) is 15.1. The zero-order valence-electron chi connectivity index (χ0n) is 16.8. The van der Waals surface area contributed by atoms with E-state index in [-0.39, 0.29) is 11.7 Å². The van der Waals surface area contributed by atoms with Crippen LogP contribution in [-0.4, -0.2) is 30.9 Å². The maximum absolute atomic E-state index is 12.8. The monoisotopic (exact) mass is 418 g/mol. The van der Waals surface area contributed by atoms with Gasteiger partial charge in [-0.25, -0.2) is 4.79 Å². The third kappa shape index (κ3) is 4.66. The normalized spacial score (nSPS) is 13.7. The number of furan rings is 1. The number of carbonyl (C=O) groups is 3. The highest BCUT2D eigenvalue weighted by Crippen LogP contribution is 2.26. The van der Waals surface area contributed by atoms with Gasteiger partial charge in [0.25, 0.3) is 11.8 Å². The molecule has 7 nitrogen and oxygen atoms in total. The molecule has 1 aromatic heterocycles. The number of para-hydroxylation sites is 1. The van der Waals surface area contributed by atoms with Crippen LogP contribution in [0, 0.1) is 0 Å². The van der Waals surface area contributed by atoms with Crippen LogP contribution in [0.25, 0.3) is 0 Å². The van der Waals surface area contributed by atoms with Crippen LogP contribution in [0.15, 0.2) is 77.4 Å². The van der Waals surface area contributed by atoms with Crippen molar-refractivity contribution in [3.8, 4) is 0 Å². The minimum atomic E-state index is -1.07. The number of esters is 1. The SMILES string of the molecule is O=C(NC(C(=O)OCC(=O)N1CCCc2ccccc21)c1ccccc1)c1ccco1. The van der Waals surface area contributed by atoms with Crippen LogP contribution in [0.1, 0.15) is 34.1 Å². The largest absolute Gasteiger partial charge is 0.459 e. The Morgan fingerprint density at radius 1 is 1.00 bits per heavy atom. The van der Waals surface area contributed by atoms with Crippen molar-refractivity contribution >= 4 is 23.5 Å². The van der Waals surface area contributed by atoms with E-state index in [0.717, 1.165) is 24.1 Å². The highest BCUT2D eigenvalue weighted by Gasteiger charge is 2.28. The Balaban J connectivity index is 1.45. The average Bonchev–Trinajstić information content (AvgIpc) is 3.36. The summed E-state index contributed by atoms with van der Waals surface area (Å²) in [4.78, 5) is 39.7. The van der Waals surface area contributed by atoms with Crippen LogP contribution in [0.2, 0.25) is 0 Å². The third-order valence-electron chi connectivity index (χ3n) is 5.14. The van der Waals surface area contributed by atoms with Crippen LogP contribution in [0.3, 0.4) is 0 Å². The predicted molar refractivity (Wildman–Crippen MR) is 113 cm³/mol. The van der Waals surface area contributed by atoms with Gasteiger partial charge in [-0.1, -0.05) is 48.5 Å². The van der Waals surface area contributed by atoms with E-state index < -0.39 is 24.5 Å². The van der Waals surface area contributed by atoms with Crippen molar-refractivity contribution in [1.29, 1.82) is 0 Å². The molecule has 0 radical (unpaired) electrons. The zero-order valence-corrected chi connectivity index (χ0v) is 16.8. The molecule has 31 heavy (non-hydrogen) atoms. The molecular weight excluding hydrogens is 396 g/mol. The second-order valence-electron chi connectivity index (χ2n) is 7.18. The fraction of sp³-hybridized carbons (Fsp3) is 0.208. The molecule has 0 saturated carbocycles. The molecule has 1 aliphatic rings. The van der Waals surface area contributed by atoms with Gasteiger partial charge in [0, 0.05) is 12.2 Å². The standard InChI is InChI=1S/C24H22N2O5/c27-21(26-14-6-11-17-8-4-5-12-19(17)26)16-31-24(29)22(18-9-2-1-3-10-18)25-23(28)20-13-7-15-30-20/h1-5,7-10,12-13,15,22H,6,11,14,16H2,(H,25,28). The van der Waals surface area contributed by atoms with E-state index in [1.165, 1.54) is 12.3 Å². The number of carbonyl (C=O) groups excluding carboxylic acids is 3. The maximum atomic E-state index is 12.8. The molecule has 0 bridgehead atoms. The van der Waals surface area contributed by atoms with Gasteiger partial charge in [0.05, 0.1) is 6.26 Å². The van der Waals surface area contributed by atoms with Crippen LogP contribution in [-0.2, 0) is 20.7 Å². The van der Waals surface area contributed by atoms with Crippen molar-refractivity contribution in [2.75, 3.05) is 18.1 Å². The number of rotatable bonds is 6. The fourth-order valence-corrected chi connectivity index (χ4v) is 3.62. The fourth-order valence-electron chi connectivity index (χ4n) is 3.62. The minimum absolute atomic E-state index is 0.0785. The van der Waals surface area contributed by atoms with Crippen molar-refractivity contribution in [2.24, 2.45) is 0 Å². The van der Waals surface area contributed by atoms with Crippen LogP contribution >= 0.6 is 0 Å². The van der Waals surface area contributed by atoms with Crippen LogP contribution in [0.5, 0.6) is 0 Å². The van der Waals surface area contributed by atoms with Crippen molar-refractivity contribution in [1.82, 2.24) is 5.32 Å². The third-order valence-corrected chi connectivity index (χ3v) is 5.14. The predicted octanol–water partition coefficient (Wildman–Crippen LogP) is 3.27. The Morgan fingerprint density at radius 3 is 2.55 bits per heavy atom. The van der Waals surface area contributed by atoms with Gasteiger partial charge in [-0.15, -0.1) is 0 Å². The molecule has 2 amide bonds. The molecule has 1 atom stereocenters. The number of ether oxygens (including phenoxy) is 1. The highest BCUT2D eigenvalue weighted by atomic mass is 16.5. The lowest BCUT2D eigenvalue weighted by Crippen LogP contribution is -2.40. The molecule has 7 heteroatoms. The first-order valence-electron chi connectivity index (χ1n) is 10.1. The summed E-state index contributed by atoms with van der Waals surface area (Å²) in [5.41, 5.74) is 2.49.